The number of ether oxygens (including phenoxy) is 1. The molecule has 7 heteroatoms. The van der Waals surface area contributed by atoms with Gasteiger partial charge in [-0.05, 0) is 32.9 Å². The number of nitrogens with zero attached hydrogens (tertiary/aromatic N) is 1. The normalized spacial score (nSPS) is 10.3. The predicted molar refractivity (Wildman–Crippen MR) is 74.5 cm³/mol. The van der Waals surface area contributed by atoms with Crippen molar-refractivity contribution >= 4 is 17.8 Å². The van der Waals surface area contributed by atoms with Crippen molar-refractivity contribution in [1.82, 2.24) is 10.2 Å². The average Bonchev–Trinajstić information content (AvgIpc) is 2.96. The quantitative estimate of drug-likeness (QED) is 0.752. The van der Waals surface area contributed by atoms with Gasteiger partial charge in [0.15, 0.2) is 5.76 Å². The Kier molecular flexibility index (Phi) is 6.45. The zero-order valence-corrected chi connectivity index (χ0v) is 12.4. The van der Waals surface area contributed by atoms with Crippen LogP contribution in [0.3, 0.4) is 0 Å². The second-order valence-corrected chi connectivity index (χ2v) is 4.58. The van der Waals surface area contributed by atoms with E-state index in [9.17, 15) is 14.4 Å². The molecular weight excluding hydrogens is 276 g/mol. The van der Waals surface area contributed by atoms with Crippen molar-refractivity contribution in [2.24, 2.45) is 0 Å². The molecule has 0 spiro atoms. The maximum Gasteiger partial charge on any atom is 0.325 e. The lowest BCUT2D eigenvalue weighted by molar-refractivity contribution is -0.149. The highest BCUT2D eigenvalue weighted by molar-refractivity contribution is 5.94. The summed E-state index contributed by atoms with van der Waals surface area (Å²) in [4.78, 5) is 36.5. The molecule has 0 aliphatic heterocycles. The van der Waals surface area contributed by atoms with E-state index < -0.39 is 11.9 Å². The van der Waals surface area contributed by atoms with Gasteiger partial charge in [-0.15, -0.1) is 0 Å². The van der Waals surface area contributed by atoms with E-state index >= 15 is 0 Å². The van der Waals surface area contributed by atoms with Crippen LogP contribution >= 0.6 is 0 Å². The van der Waals surface area contributed by atoms with Crippen LogP contribution in [0.4, 0.5) is 0 Å². The smallest absolute Gasteiger partial charge is 0.325 e. The highest BCUT2D eigenvalue weighted by Gasteiger charge is 2.21. The lowest BCUT2D eigenvalue weighted by atomic mass is 10.3. The number of esters is 1. The summed E-state index contributed by atoms with van der Waals surface area (Å²) in [5.74, 6) is -1.19. The monoisotopic (exact) mass is 296 g/mol. The number of amides is 2. The Hall–Kier alpha value is -2.31. The molecule has 2 amide bonds. The Morgan fingerprint density at radius 1 is 1.38 bits per heavy atom. The SMILES string of the molecule is CCOC(=O)CN(C(=O)CNC(=O)c1ccco1)C(C)C. The van der Waals surface area contributed by atoms with Gasteiger partial charge in [0, 0.05) is 6.04 Å². The standard InChI is InChI=1S/C14H20N2O5/c1-4-20-13(18)9-16(10(2)3)12(17)8-15-14(19)11-6-5-7-21-11/h5-7,10H,4,8-9H2,1-3H3,(H,15,19). The fourth-order valence-corrected chi connectivity index (χ4v) is 1.66. The molecule has 0 aromatic carbocycles. The number of nitrogens with one attached hydrogen (secondary N) is 1. The van der Waals surface area contributed by atoms with Crippen molar-refractivity contribution in [3.05, 3.63) is 24.2 Å². The number of rotatable bonds is 7. The number of hydrogen-bond donors (Lipinski definition) is 1. The van der Waals surface area contributed by atoms with E-state index in [-0.39, 0.29) is 37.4 Å². The Bertz CT molecular complexity index is 482. The van der Waals surface area contributed by atoms with Crippen molar-refractivity contribution in [1.29, 1.82) is 0 Å². The molecular formula is C14H20N2O5. The van der Waals surface area contributed by atoms with Crippen LogP contribution in [0.25, 0.3) is 0 Å². The Morgan fingerprint density at radius 2 is 2.10 bits per heavy atom. The topological polar surface area (TPSA) is 88.9 Å². The molecule has 21 heavy (non-hydrogen) atoms. The number of carbonyl (C=O) groups excluding carboxylic acids is 3. The summed E-state index contributed by atoms with van der Waals surface area (Å²) in [5, 5.41) is 2.45. The molecule has 1 heterocycles. The fourth-order valence-electron chi connectivity index (χ4n) is 1.66. The predicted octanol–water partition coefficient (Wildman–Crippen LogP) is 0.810. The van der Waals surface area contributed by atoms with Crippen molar-refractivity contribution in [2.75, 3.05) is 19.7 Å². The molecule has 0 aliphatic carbocycles. The molecule has 0 unspecified atom stereocenters. The first kappa shape index (κ1) is 16.7. The van der Waals surface area contributed by atoms with E-state index in [0.29, 0.717) is 0 Å². The first-order valence-corrected chi connectivity index (χ1v) is 6.72. The summed E-state index contributed by atoms with van der Waals surface area (Å²) in [6.45, 7) is 5.17. The second-order valence-electron chi connectivity index (χ2n) is 4.58. The maximum absolute atomic E-state index is 12.1. The molecule has 1 aromatic rings. The molecule has 0 radical (unpaired) electrons. The fraction of sp³-hybridized carbons (Fsp3) is 0.500. The van der Waals surface area contributed by atoms with Gasteiger partial charge >= 0.3 is 5.97 Å². The molecule has 0 aliphatic rings. The summed E-state index contributed by atoms with van der Waals surface area (Å²) >= 11 is 0. The number of hydrogen-bond acceptors (Lipinski definition) is 5. The van der Waals surface area contributed by atoms with Crippen molar-refractivity contribution in [2.45, 2.75) is 26.8 Å². The van der Waals surface area contributed by atoms with E-state index in [0.717, 1.165) is 0 Å². The molecule has 0 fully saturated rings. The van der Waals surface area contributed by atoms with Crippen LogP contribution in [0.15, 0.2) is 22.8 Å². The van der Waals surface area contributed by atoms with Gasteiger partial charge in [0.1, 0.15) is 6.54 Å². The minimum atomic E-state index is -0.479. The Labute approximate surface area is 123 Å². The molecule has 0 saturated carbocycles. The molecule has 1 rings (SSSR count). The first-order chi connectivity index (χ1) is 9.95. The highest BCUT2D eigenvalue weighted by atomic mass is 16.5. The van der Waals surface area contributed by atoms with Crippen molar-refractivity contribution in [3.63, 3.8) is 0 Å². The summed E-state index contributed by atoms with van der Waals surface area (Å²) in [6, 6.07) is 2.90. The van der Waals surface area contributed by atoms with E-state index in [1.165, 1.54) is 17.2 Å². The molecule has 0 saturated heterocycles. The lowest BCUT2D eigenvalue weighted by Crippen LogP contribution is -2.46. The van der Waals surface area contributed by atoms with E-state index in [1.54, 1.807) is 26.8 Å². The van der Waals surface area contributed by atoms with Gasteiger partial charge < -0.3 is 19.4 Å². The summed E-state index contributed by atoms with van der Waals surface area (Å²) in [6.07, 6.45) is 1.37. The minimum Gasteiger partial charge on any atom is -0.465 e. The Morgan fingerprint density at radius 3 is 2.62 bits per heavy atom. The van der Waals surface area contributed by atoms with Gasteiger partial charge in [0.2, 0.25) is 5.91 Å². The third kappa shape index (κ3) is 5.29. The van der Waals surface area contributed by atoms with E-state index in [4.69, 9.17) is 9.15 Å². The minimum absolute atomic E-state index is 0.129. The van der Waals surface area contributed by atoms with Gasteiger partial charge in [-0.2, -0.15) is 0 Å². The molecule has 1 N–H and O–H groups in total. The third-order valence-corrected chi connectivity index (χ3v) is 2.69. The zero-order chi connectivity index (χ0) is 15.8. The van der Waals surface area contributed by atoms with Crippen LogP contribution in [0.5, 0.6) is 0 Å². The summed E-state index contributed by atoms with van der Waals surface area (Å²) in [5.41, 5.74) is 0. The van der Waals surface area contributed by atoms with Gasteiger partial charge in [-0.1, -0.05) is 0 Å². The highest BCUT2D eigenvalue weighted by Crippen LogP contribution is 2.01. The first-order valence-electron chi connectivity index (χ1n) is 6.72. The lowest BCUT2D eigenvalue weighted by Gasteiger charge is -2.25. The van der Waals surface area contributed by atoms with Crippen molar-refractivity contribution in [3.8, 4) is 0 Å². The van der Waals surface area contributed by atoms with Crippen molar-refractivity contribution < 1.29 is 23.5 Å². The molecule has 0 atom stereocenters. The molecule has 116 valence electrons. The van der Waals surface area contributed by atoms with E-state index in [2.05, 4.69) is 5.32 Å². The number of furan rings is 1. The van der Waals surface area contributed by atoms with Gasteiger partial charge in [-0.25, -0.2) is 0 Å². The van der Waals surface area contributed by atoms with Gasteiger partial charge in [0.05, 0.1) is 19.4 Å². The third-order valence-electron chi connectivity index (χ3n) is 2.69. The van der Waals surface area contributed by atoms with Crippen LogP contribution < -0.4 is 5.32 Å². The molecule has 7 nitrogen and oxygen atoms in total. The summed E-state index contributed by atoms with van der Waals surface area (Å²) < 4.78 is 9.74. The van der Waals surface area contributed by atoms with Crippen LogP contribution in [-0.4, -0.2) is 48.4 Å². The van der Waals surface area contributed by atoms with Crippen LogP contribution in [0.2, 0.25) is 0 Å². The Balaban J connectivity index is 2.53. The van der Waals surface area contributed by atoms with Crippen LogP contribution in [0, 0.1) is 0 Å². The molecule has 0 bridgehead atoms. The van der Waals surface area contributed by atoms with Crippen LogP contribution in [-0.2, 0) is 14.3 Å². The second kappa shape index (κ2) is 8.08. The number of carbonyl (C=O) groups is 3. The molecule has 1 aromatic heterocycles. The van der Waals surface area contributed by atoms with Crippen LogP contribution in [0.1, 0.15) is 31.3 Å². The van der Waals surface area contributed by atoms with Gasteiger partial charge in [0.25, 0.3) is 5.91 Å². The largest absolute Gasteiger partial charge is 0.465 e. The average molecular weight is 296 g/mol. The van der Waals surface area contributed by atoms with Gasteiger partial charge in [-0.3, -0.25) is 14.4 Å². The maximum atomic E-state index is 12.1. The zero-order valence-electron chi connectivity index (χ0n) is 12.4. The summed E-state index contributed by atoms with van der Waals surface area (Å²) in [7, 11) is 0. The van der Waals surface area contributed by atoms with E-state index in [1.807, 2.05) is 0 Å².